The van der Waals surface area contributed by atoms with Crippen molar-refractivity contribution in [3.05, 3.63) is 49.0 Å². The fourth-order valence-corrected chi connectivity index (χ4v) is 2.95. The Labute approximate surface area is 121 Å². The Kier molecular flexibility index (Phi) is 4.09. The van der Waals surface area contributed by atoms with Crippen LogP contribution in [0.4, 0.5) is 5.69 Å². The van der Waals surface area contributed by atoms with Gasteiger partial charge in [-0.15, -0.1) is 11.3 Å². The second kappa shape index (κ2) is 5.40. The third kappa shape index (κ3) is 3.22. The number of halogens is 3. The zero-order chi connectivity index (χ0) is 12.4. The van der Waals surface area contributed by atoms with Gasteiger partial charge in [0.05, 0.1) is 19.4 Å². The summed E-state index contributed by atoms with van der Waals surface area (Å²) in [6.45, 7) is 0. The van der Waals surface area contributed by atoms with Crippen LogP contribution in [0.15, 0.2) is 34.1 Å². The number of nitrogens with one attached hydrogen (secondary N) is 1. The monoisotopic (exact) mass is 349 g/mol. The summed E-state index contributed by atoms with van der Waals surface area (Å²) in [6, 6.07) is 8.50. The number of hydrogen-bond donors (Lipinski definition) is 1. The molecule has 1 amide bonds. The average molecular weight is 351 g/mol. The van der Waals surface area contributed by atoms with Crippen LogP contribution in [0.5, 0.6) is 0 Å². The largest absolute Gasteiger partial charge is 0.320 e. The van der Waals surface area contributed by atoms with Gasteiger partial charge >= 0.3 is 0 Å². The quantitative estimate of drug-likeness (QED) is 0.804. The van der Waals surface area contributed by atoms with Crippen molar-refractivity contribution in [1.29, 1.82) is 0 Å². The maximum atomic E-state index is 11.9. The molecule has 0 unspecified atom stereocenters. The standard InChI is InChI=1S/C11H6BrCl2NOS/c12-10-4-3-9(17-10)11(16)15-8-2-1-6(13)5-7(8)14/h1-5H,(H,15,16). The second-order valence-electron chi connectivity index (χ2n) is 3.18. The fraction of sp³-hybridized carbons (Fsp3) is 0. The van der Waals surface area contributed by atoms with Gasteiger partial charge in [0.2, 0.25) is 0 Å². The van der Waals surface area contributed by atoms with Gasteiger partial charge < -0.3 is 5.32 Å². The molecular weight excluding hydrogens is 345 g/mol. The summed E-state index contributed by atoms with van der Waals surface area (Å²) in [6.07, 6.45) is 0. The van der Waals surface area contributed by atoms with Crippen LogP contribution in [0, 0.1) is 0 Å². The molecule has 88 valence electrons. The Balaban J connectivity index is 2.18. The number of rotatable bonds is 2. The highest BCUT2D eigenvalue weighted by molar-refractivity contribution is 9.11. The third-order valence-corrected chi connectivity index (χ3v) is 4.15. The molecule has 0 spiro atoms. The number of hydrogen-bond acceptors (Lipinski definition) is 2. The topological polar surface area (TPSA) is 29.1 Å². The van der Waals surface area contributed by atoms with Crippen LogP contribution in [0.3, 0.4) is 0 Å². The highest BCUT2D eigenvalue weighted by Crippen LogP contribution is 2.27. The summed E-state index contributed by atoms with van der Waals surface area (Å²) < 4.78 is 0.907. The molecule has 0 saturated carbocycles. The van der Waals surface area contributed by atoms with Crippen LogP contribution < -0.4 is 5.32 Å². The highest BCUT2D eigenvalue weighted by Gasteiger charge is 2.10. The fourth-order valence-electron chi connectivity index (χ4n) is 1.21. The summed E-state index contributed by atoms with van der Waals surface area (Å²) >= 11 is 16.4. The van der Waals surface area contributed by atoms with E-state index in [2.05, 4.69) is 21.2 Å². The number of amides is 1. The zero-order valence-electron chi connectivity index (χ0n) is 8.34. The predicted molar refractivity (Wildman–Crippen MR) is 76.4 cm³/mol. The van der Waals surface area contributed by atoms with E-state index < -0.39 is 0 Å². The van der Waals surface area contributed by atoms with Crippen LogP contribution in [0.1, 0.15) is 9.67 Å². The molecular formula is C11H6BrCl2NOS. The van der Waals surface area contributed by atoms with Crippen LogP contribution in [-0.4, -0.2) is 5.91 Å². The van der Waals surface area contributed by atoms with E-state index in [9.17, 15) is 4.79 Å². The third-order valence-electron chi connectivity index (χ3n) is 1.98. The van der Waals surface area contributed by atoms with E-state index in [4.69, 9.17) is 23.2 Å². The molecule has 1 N–H and O–H groups in total. The first-order chi connectivity index (χ1) is 8.06. The Hall–Kier alpha value is -0.550. The normalized spacial score (nSPS) is 10.3. The Morgan fingerprint density at radius 3 is 2.59 bits per heavy atom. The van der Waals surface area contributed by atoms with Gasteiger partial charge in [0.25, 0.3) is 5.91 Å². The van der Waals surface area contributed by atoms with E-state index in [0.29, 0.717) is 20.6 Å². The SMILES string of the molecule is O=C(Nc1ccc(Cl)cc1Cl)c1ccc(Br)s1. The van der Waals surface area contributed by atoms with Crippen LogP contribution in [0.2, 0.25) is 10.0 Å². The second-order valence-corrected chi connectivity index (χ2v) is 6.49. The molecule has 0 aliphatic heterocycles. The van der Waals surface area contributed by atoms with Crippen molar-refractivity contribution in [1.82, 2.24) is 0 Å². The summed E-state index contributed by atoms with van der Waals surface area (Å²) in [7, 11) is 0. The van der Waals surface area contributed by atoms with Gasteiger partial charge in [-0.05, 0) is 46.3 Å². The summed E-state index contributed by atoms with van der Waals surface area (Å²) in [5.41, 5.74) is 0.547. The molecule has 2 aromatic rings. The molecule has 1 aromatic heterocycles. The van der Waals surface area contributed by atoms with E-state index in [0.717, 1.165) is 3.79 Å². The van der Waals surface area contributed by atoms with E-state index in [1.54, 1.807) is 24.3 Å². The molecule has 0 fully saturated rings. The number of thiophene rings is 1. The van der Waals surface area contributed by atoms with Crippen molar-refractivity contribution in [3.8, 4) is 0 Å². The first kappa shape index (κ1) is 12.9. The van der Waals surface area contributed by atoms with Gasteiger partial charge in [-0.25, -0.2) is 0 Å². The van der Waals surface area contributed by atoms with Gasteiger partial charge in [0.1, 0.15) is 0 Å². The molecule has 17 heavy (non-hydrogen) atoms. The molecule has 0 aliphatic rings. The smallest absolute Gasteiger partial charge is 0.265 e. The maximum absolute atomic E-state index is 11.9. The van der Waals surface area contributed by atoms with E-state index >= 15 is 0 Å². The number of benzene rings is 1. The molecule has 1 heterocycles. The molecule has 0 bridgehead atoms. The molecule has 2 nitrogen and oxygen atoms in total. The minimum absolute atomic E-state index is 0.190. The van der Waals surface area contributed by atoms with E-state index in [-0.39, 0.29) is 5.91 Å². The van der Waals surface area contributed by atoms with Crippen molar-refractivity contribution in [2.24, 2.45) is 0 Å². The van der Waals surface area contributed by atoms with Crippen molar-refractivity contribution >= 4 is 62.1 Å². The van der Waals surface area contributed by atoms with Crippen LogP contribution in [-0.2, 0) is 0 Å². The van der Waals surface area contributed by atoms with Gasteiger partial charge in [-0.3, -0.25) is 4.79 Å². The zero-order valence-corrected chi connectivity index (χ0v) is 12.3. The lowest BCUT2D eigenvalue weighted by atomic mass is 10.3. The highest BCUT2D eigenvalue weighted by atomic mass is 79.9. The molecule has 0 atom stereocenters. The van der Waals surface area contributed by atoms with Crippen LogP contribution >= 0.6 is 50.5 Å². The average Bonchev–Trinajstić information content (AvgIpc) is 2.69. The van der Waals surface area contributed by atoms with Crippen molar-refractivity contribution in [2.45, 2.75) is 0 Å². The lowest BCUT2D eigenvalue weighted by Crippen LogP contribution is -2.10. The van der Waals surface area contributed by atoms with Crippen molar-refractivity contribution in [2.75, 3.05) is 5.32 Å². The number of carbonyl (C=O) groups excluding carboxylic acids is 1. The lowest BCUT2D eigenvalue weighted by Gasteiger charge is -2.05. The van der Waals surface area contributed by atoms with Crippen LogP contribution in [0.25, 0.3) is 0 Å². The number of carbonyl (C=O) groups is 1. The molecule has 0 radical (unpaired) electrons. The van der Waals surface area contributed by atoms with E-state index in [1.807, 2.05) is 6.07 Å². The van der Waals surface area contributed by atoms with Gasteiger partial charge in [0.15, 0.2) is 0 Å². The first-order valence-corrected chi connectivity index (χ1v) is 6.94. The summed E-state index contributed by atoms with van der Waals surface area (Å²) in [5.74, 6) is -0.190. The summed E-state index contributed by atoms with van der Waals surface area (Å²) in [5, 5.41) is 3.68. The molecule has 0 saturated heterocycles. The molecule has 1 aromatic carbocycles. The minimum atomic E-state index is -0.190. The lowest BCUT2D eigenvalue weighted by molar-refractivity contribution is 0.103. The Morgan fingerprint density at radius 2 is 2.00 bits per heavy atom. The number of anilines is 1. The predicted octanol–water partition coefficient (Wildman–Crippen LogP) is 5.07. The Morgan fingerprint density at radius 1 is 1.24 bits per heavy atom. The van der Waals surface area contributed by atoms with E-state index in [1.165, 1.54) is 11.3 Å². The molecule has 6 heteroatoms. The van der Waals surface area contributed by atoms with Crippen molar-refractivity contribution < 1.29 is 4.79 Å². The van der Waals surface area contributed by atoms with Gasteiger partial charge in [-0.2, -0.15) is 0 Å². The maximum Gasteiger partial charge on any atom is 0.265 e. The Bertz CT molecular complexity index is 570. The molecule has 2 rings (SSSR count). The van der Waals surface area contributed by atoms with Gasteiger partial charge in [-0.1, -0.05) is 23.2 Å². The molecule has 0 aliphatic carbocycles. The minimum Gasteiger partial charge on any atom is -0.320 e. The first-order valence-electron chi connectivity index (χ1n) is 4.58. The van der Waals surface area contributed by atoms with Crippen molar-refractivity contribution in [3.63, 3.8) is 0 Å². The summed E-state index contributed by atoms with van der Waals surface area (Å²) in [4.78, 5) is 12.5. The van der Waals surface area contributed by atoms with Gasteiger partial charge in [0, 0.05) is 5.02 Å².